The predicted octanol–water partition coefficient (Wildman–Crippen LogP) is 4.43. The van der Waals surface area contributed by atoms with Gasteiger partial charge in [0.1, 0.15) is 5.75 Å². The highest BCUT2D eigenvalue weighted by Crippen LogP contribution is 2.23. The quantitative estimate of drug-likeness (QED) is 0.806. The number of anilines is 2. The summed E-state index contributed by atoms with van der Waals surface area (Å²) < 4.78 is 5.13. The number of rotatable bonds is 4. The van der Waals surface area contributed by atoms with Crippen molar-refractivity contribution in [1.82, 2.24) is 0 Å². The van der Waals surface area contributed by atoms with Crippen molar-refractivity contribution >= 4 is 11.4 Å². The SMILES string of the molecule is COc1ccc(NNc2ccc(C(C)(C)C)cc2)cc1. The Morgan fingerprint density at radius 1 is 0.750 bits per heavy atom. The number of hydrogen-bond acceptors (Lipinski definition) is 3. The second-order valence-electron chi connectivity index (χ2n) is 5.81. The molecule has 3 heteroatoms. The molecule has 0 saturated heterocycles. The molecule has 0 heterocycles. The van der Waals surface area contributed by atoms with Gasteiger partial charge < -0.3 is 15.6 Å². The number of methoxy groups -OCH3 is 1. The van der Waals surface area contributed by atoms with Crippen molar-refractivity contribution in [2.45, 2.75) is 26.2 Å². The number of hydrazine groups is 1. The molecule has 0 aromatic heterocycles. The third-order valence-corrected chi connectivity index (χ3v) is 3.19. The molecule has 0 saturated carbocycles. The van der Waals surface area contributed by atoms with Crippen molar-refractivity contribution in [2.75, 3.05) is 18.0 Å². The Kier molecular flexibility index (Phi) is 4.18. The molecule has 0 bridgehead atoms. The van der Waals surface area contributed by atoms with Gasteiger partial charge in [-0.1, -0.05) is 32.9 Å². The van der Waals surface area contributed by atoms with E-state index in [1.807, 2.05) is 24.3 Å². The molecule has 0 aliphatic heterocycles. The van der Waals surface area contributed by atoms with Crippen LogP contribution in [0.4, 0.5) is 11.4 Å². The van der Waals surface area contributed by atoms with E-state index in [1.165, 1.54) is 5.56 Å². The fraction of sp³-hybridized carbons (Fsp3) is 0.294. The highest BCUT2D eigenvalue weighted by atomic mass is 16.5. The van der Waals surface area contributed by atoms with E-state index in [0.29, 0.717) is 0 Å². The summed E-state index contributed by atoms with van der Waals surface area (Å²) >= 11 is 0. The molecule has 2 aromatic rings. The molecule has 20 heavy (non-hydrogen) atoms. The summed E-state index contributed by atoms with van der Waals surface area (Å²) in [6.07, 6.45) is 0. The van der Waals surface area contributed by atoms with Gasteiger partial charge in [-0.25, -0.2) is 0 Å². The summed E-state index contributed by atoms with van der Waals surface area (Å²) in [6.45, 7) is 6.64. The lowest BCUT2D eigenvalue weighted by Crippen LogP contribution is -2.12. The van der Waals surface area contributed by atoms with Crippen molar-refractivity contribution in [3.63, 3.8) is 0 Å². The van der Waals surface area contributed by atoms with Crippen molar-refractivity contribution in [2.24, 2.45) is 0 Å². The fourth-order valence-electron chi connectivity index (χ4n) is 1.87. The molecule has 2 N–H and O–H groups in total. The third kappa shape index (κ3) is 3.67. The van der Waals surface area contributed by atoms with Crippen LogP contribution < -0.4 is 15.6 Å². The van der Waals surface area contributed by atoms with Gasteiger partial charge in [0.05, 0.1) is 18.5 Å². The van der Waals surface area contributed by atoms with Crippen LogP contribution in [0, 0.1) is 0 Å². The highest BCUT2D eigenvalue weighted by Gasteiger charge is 2.12. The van der Waals surface area contributed by atoms with Gasteiger partial charge in [-0.2, -0.15) is 0 Å². The number of ether oxygens (including phenoxy) is 1. The molecule has 0 amide bonds. The summed E-state index contributed by atoms with van der Waals surface area (Å²) in [4.78, 5) is 0. The van der Waals surface area contributed by atoms with Crippen LogP contribution in [-0.4, -0.2) is 7.11 Å². The Balaban J connectivity index is 1.96. The summed E-state index contributed by atoms with van der Waals surface area (Å²) in [5, 5.41) is 0. The normalized spacial score (nSPS) is 11.0. The Hall–Kier alpha value is -2.16. The molecule has 0 fully saturated rings. The van der Waals surface area contributed by atoms with E-state index in [0.717, 1.165) is 17.1 Å². The van der Waals surface area contributed by atoms with Crippen LogP contribution in [0.5, 0.6) is 5.75 Å². The number of hydrogen-bond donors (Lipinski definition) is 2. The van der Waals surface area contributed by atoms with Crippen molar-refractivity contribution < 1.29 is 4.74 Å². The molecule has 0 spiro atoms. The second-order valence-corrected chi connectivity index (χ2v) is 5.81. The van der Waals surface area contributed by atoms with Gasteiger partial charge in [0, 0.05) is 0 Å². The van der Waals surface area contributed by atoms with E-state index in [9.17, 15) is 0 Å². The first-order chi connectivity index (χ1) is 9.49. The fourth-order valence-corrected chi connectivity index (χ4v) is 1.87. The zero-order valence-corrected chi connectivity index (χ0v) is 12.5. The Bertz CT molecular complexity index is 539. The zero-order valence-electron chi connectivity index (χ0n) is 12.5. The van der Waals surface area contributed by atoms with Crippen LogP contribution in [0.2, 0.25) is 0 Å². The van der Waals surface area contributed by atoms with Crippen molar-refractivity contribution in [3.8, 4) is 5.75 Å². The predicted molar refractivity (Wildman–Crippen MR) is 85.4 cm³/mol. The zero-order chi connectivity index (χ0) is 14.6. The molecule has 3 nitrogen and oxygen atoms in total. The van der Waals surface area contributed by atoms with E-state index in [1.54, 1.807) is 7.11 Å². The van der Waals surface area contributed by atoms with Gasteiger partial charge in [0.2, 0.25) is 0 Å². The van der Waals surface area contributed by atoms with Gasteiger partial charge in [-0.05, 0) is 47.4 Å². The van der Waals surface area contributed by atoms with Crippen LogP contribution in [0.15, 0.2) is 48.5 Å². The molecular weight excluding hydrogens is 248 g/mol. The monoisotopic (exact) mass is 270 g/mol. The van der Waals surface area contributed by atoms with Gasteiger partial charge in [-0.15, -0.1) is 0 Å². The molecule has 2 aromatic carbocycles. The van der Waals surface area contributed by atoms with Gasteiger partial charge in [0.25, 0.3) is 0 Å². The van der Waals surface area contributed by atoms with E-state index in [4.69, 9.17) is 4.74 Å². The maximum absolute atomic E-state index is 5.13. The molecular formula is C17H22N2O. The molecule has 0 atom stereocenters. The molecule has 106 valence electrons. The Morgan fingerprint density at radius 3 is 1.60 bits per heavy atom. The van der Waals surface area contributed by atoms with Crippen LogP contribution >= 0.6 is 0 Å². The van der Waals surface area contributed by atoms with Gasteiger partial charge in [-0.3, -0.25) is 0 Å². The minimum Gasteiger partial charge on any atom is -0.497 e. The molecule has 0 aliphatic rings. The molecule has 2 rings (SSSR count). The van der Waals surface area contributed by atoms with Crippen molar-refractivity contribution in [3.05, 3.63) is 54.1 Å². The Labute approximate surface area is 120 Å². The molecule has 0 radical (unpaired) electrons. The lowest BCUT2D eigenvalue weighted by Gasteiger charge is -2.19. The topological polar surface area (TPSA) is 33.3 Å². The first kappa shape index (κ1) is 14.3. The number of benzene rings is 2. The van der Waals surface area contributed by atoms with Gasteiger partial charge >= 0.3 is 0 Å². The van der Waals surface area contributed by atoms with E-state index in [2.05, 4.69) is 55.9 Å². The smallest absolute Gasteiger partial charge is 0.119 e. The minimum atomic E-state index is 0.182. The average Bonchev–Trinajstić information content (AvgIpc) is 2.45. The summed E-state index contributed by atoms with van der Waals surface area (Å²) in [5.41, 5.74) is 9.89. The minimum absolute atomic E-state index is 0.182. The second kappa shape index (κ2) is 5.87. The standard InChI is InChI=1S/C17H22N2O/c1-17(2,3)13-5-7-14(8-6-13)18-19-15-9-11-16(20-4)12-10-15/h5-12,18-19H,1-4H3. The summed E-state index contributed by atoms with van der Waals surface area (Å²) in [6, 6.07) is 16.2. The summed E-state index contributed by atoms with van der Waals surface area (Å²) in [5.74, 6) is 0.852. The maximum Gasteiger partial charge on any atom is 0.119 e. The Morgan fingerprint density at radius 2 is 1.20 bits per heavy atom. The molecule has 0 unspecified atom stereocenters. The molecule has 0 aliphatic carbocycles. The van der Waals surface area contributed by atoms with E-state index < -0.39 is 0 Å². The average molecular weight is 270 g/mol. The van der Waals surface area contributed by atoms with E-state index in [-0.39, 0.29) is 5.41 Å². The highest BCUT2D eigenvalue weighted by molar-refractivity contribution is 5.54. The first-order valence-corrected chi connectivity index (χ1v) is 6.76. The van der Waals surface area contributed by atoms with Crippen LogP contribution in [0.3, 0.4) is 0 Å². The summed E-state index contributed by atoms with van der Waals surface area (Å²) in [7, 11) is 1.66. The lowest BCUT2D eigenvalue weighted by molar-refractivity contribution is 0.415. The largest absolute Gasteiger partial charge is 0.497 e. The maximum atomic E-state index is 5.13. The van der Waals surface area contributed by atoms with Crippen LogP contribution in [0.1, 0.15) is 26.3 Å². The van der Waals surface area contributed by atoms with Crippen LogP contribution in [-0.2, 0) is 5.41 Å². The first-order valence-electron chi connectivity index (χ1n) is 6.76. The lowest BCUT2D eigenvalue weighted by atomic mass is 9.87. The van der Waals surface area contributed by atoms with Crippen molar-refractivity contribution in [1.29, 1.82) is 0 Å². The third-order valence-electron chi connectivity index (χ3n) is 3.19. The van der Waals surface area contributed by atoms with Gasteiger partial charge in [0.15, 0.2) is 0 Å². The van der Waals surface area contributed by atoms with Crippen LogP contribution in [0.25, 0.3) is 0 Å². The number of nitrogens with one attached hydrogen (secondary N) is 2. The van der Waals surface area contributed by atoms with E-state index >= 15 is 0 Å².